The quantitative estimate of drug-likeness (QED) is 0.569. The first-order chi connectivity index (χ1) is 12.8. The molecule has 2 N–H and O–H groups in total. The Bertz CT molecular complexity index is 994. The number of amides is 1. The average molecular weight is 346 g/mol. The van der Waals surface area contributed by atoms with E-state index in [1.807, 2.05) is 35.0 Å². The molecule has 26 heavy (non-hydrogen) atoms. The minimum Gasteiger partial charge on any atom is -0.333 e. The van der Waals surface area contributed by atoms with E-state index in [-0.39, 0.29) is 5.91 Å². The number of hydrogen-bond acceptors (Lipinski definition) is 6. The number of nitrogens with one attached hydrogen (secondary N) is 2. The van der Waals surface area contributed by atoms with E-state index in [2.05, 4.69) is 35.9 Å². The van der Waals surface area contributed by atoms with Crippen molar-refractivity contribution in [1.29, 1.82) is 0 Å². The van der Waals surface area contributed by atoms with Crippen molar-refractivity contribution in [3.8, 4) is 11.5 Å². The number of tetrazole rings is 1. The molecule has 0 spiro atoms. The minimum absolute atomic E-state index is 0.237. The van der Waals surface area contributed by atoms with Crippen molar-refractivity contribution in [3.63, 3.8) is 0 Å². The first kappa shape index (κ1) is 15.6. The van der Waals surface area contributed by atoms with E-state index in [0.717, 1.165) is 12.1 Å². The topological polar surface area (TPSA) is 114 Å². The summed E-state index contributed by atoms with van der Waals surface area (Å²) in [5, 5.41) is 16.4. The van der Waals surface area contributed by atoms with E-state index in [1.165, 1.54) is 6.20 Å². The van der Waals surface area contributed by atoms with E-state index in [0.29, 0.717) is 22.8 Å². The summed E-state index contributed by atoms with van der Waals surface area (Å²) in [6.45, 7) is 0.729. The number of aromatic amines is 1. The molecule has 0 fully saturated rings. The summed E-state index contributed by atoms with van der Waals surface area (Å²) < 4.78 is 1.98. The fraction of sp³-hybridized carbons (Fsp3) is 0.0588. The Labute approximate surface area is 148 Å². The van der Waals surface area contributed by atoms with E-state index < -0.39 is 0 Å². The zero-order valence-corrected chi connectivity index (χ0v) is 13.6. The van der Waals surface area contributed by atoms with Crippen molar-refractivity contribution in [1.82, 2.24) is 35.2 Å². The number of H-pyrrole nitrogens is 1. The van der Waals surface area contributed by atoms with Gasteiger partial charge in [0.1, 0.15) is 5.69 Å². The van der Waals surface area contributed by atoms with Gasteiger partial charge in [-0.3, -0.25) is 9.78 Å². The van der Waals surface area contributed by atoms with Gasteiger partial charge in [-0.1, -0.05) is 12.1 Å². The molecular formula is C17H14N8O. The number of benzene rings is 1. The van der Waals surface area contributed by atoms with Crippen molar-refractivity contribution in [3.05, 3.63) is 72.4 Å². The summed E-state index contributed by atoms with van der Waals surface area (Å²) >= 11 is 0. The van der Waals surface area contributed by atoms with Gasteiger partial charge in [0, 0.05) is 36.4 Å². The zero-order valence-electron chi connectivity index (χ0n) is 13.6. The highest BCUT2D eigenvalue weighted by atomic mass is 16.1. The molecule has 4 rings (SSSR count). The van der Waals surface area contributed by atoms with Gasteiger partial charge in [-0.25, -0.2) is 4.98 Å². The van der Waals surface area contributed by atoms with Gasteiger partial charge >= 0.3 is 0 Å². The third-order valence-corrected chi connectivity index (χ3v) is 3.73. The molecule has 0 aliphatic carbocycles. The van der Waals surface area contributed by atoms with Crippen molar-refractivity contribution >= 4 is 11.6 Å². The number of nitrogens with zero attached hydrogens (tertiary/aromatic N) is 6. The third-order valence-electron chi connectivity index (χ3n) is 3.73. The maximum Gasteiger partial charge on any atom is 0.255 e. The Hall–Kier alpha value is -3.88. The second-order valence-electron chi connectivity index (χ2n) is 5.55. The molecule has 1 amide bonds. The van der Waals surface area contributed by atoms with Crippen LogP contribution in [0.5, 0.6) is 0 Å². The van der Waals surface area contributed by atoms with Crippen LogP contribution in [0.15, 0.2) is 61.3 Å². The van der Waals surface area contributed by atoms with Gasteiger partial charge in [0.15, 0.2) is 0 Å². The van der Waals surface area contributed by atoms with Crippen LogP contribution in [0, 0.1) is 0 Å². The molecule has 0 aliphatic heterocycles. The number of carbonyl (C=O) groups excluding carboxylic acids is 1. The van der Waals surface area contributed by atoms with Crippen molar-refractivity contribution in [2.75, 3.05) is 5.32 Å². The smallest absolute Gasteiger partial charge is 0.255 e. The SMILES string of the molecule is O=C(Nc1ccc(Cn2ccnc2)cc1)c1ccnc(-c2nn[nH]n2)c1. The lowest BCUT2D eigenvalue weighted by atomic mass is 10.1. The van der Waals surface area contributed by atoms with Crippen LogP contribution in [0.25, 0.3) is 11.5 Å². The minimum atomic E-state index is -0.237. The Morgan fingerprint density at radius 1 is 1.15 bits per heavy atom. The Kier molecular flexibility index (Phi) is 4.17. The maximum atomic E-state index is 12.5. The molecule has 1 aromatic carbocycles. The van der Waals surface area contributed by atoms with Gasteiger partial charge < -0.3 is 9.88 Å². The molecule has 0 atom stereocenters. The fourth-order valence-electron chi connectivity index (χ4n) is 2.45. The van der Waals surface area contributed by atoms with Crippen molar-refractivity contribution in [2.45, 2.75) is 6.54 Å². The van der Waals surface area contributed by atoms with Crippen LogP contribution in [0.3, 0.4) is 0 Å². The summed E-state index contributed by atoms with van der Waals surface area (Å²) in [6.07, 6.45) is 6.95. The molecule has 0 saturated heterocycles. The fourth-order valence-corrected chi connectivity index (χ4v) is 2.45. The van der Waals surface area contributed by atoms with Gasteiger partial charge in [0.05, 0.1) is 6.33 Å². The number of imidazole rings is 1. The Morgan fingerprint density at radius 2 is 2.04 bits per heavy atom. The Balaban J connectivity index is 1.45. The van der Waals surface area contributed by atoms with Gasteiger partial charge in [-0.15, -0.1) is 10.2 Å². The van der Waals surface area contributed by atoms with Crippen LogP contribution in [0.1, 0.15) is 15.9 Å². The molecule has 4 aromatic rings. The highest BCUT2D eigenvalue weighted by molar-refractivity contribution is 6.04. The molecule has 3 aromatic heterocycles. The van der Waals surface area contributed by atoms with Crippen LogP contribution < -0.4 is 5.32 Å². The second-order valence-corrected chi connectivity index (χ2v) is 5.55. The van der Waals surface area contributed by atoms with Gasteiger partial charge in [-0.05, 0) is 35.0 Å². The van der Waals surface area contributed by atoms with Crippen molar-refractivity contribution in [2.24, 2.45) is 0 Å². The number of hydrogen-bond donors (Lipinski definition) is 2. The lowest BCUT2D eigenvalue weighted by molar-refractivity contribution is 0.102. The van der Waals surface area contributed by atoms with Crippen LogP contribution in [0.2, 0.25) is 0 Å². The number of rotatable bonds is 5. The number of pyridine rings is 1. The van der Waals surface area contributed by atoms with E-state index in [9.17, 15) is 4.79 Å². The van der Waals surface area contributed by atoms with Crippen LogP contribution in [-0.2, 0) is 6.54 Å². The van der Waals surface area contributed by atoms with E-state index >= 15 is 0 Å². The highest BCUT2D eigenvalue weighted by Crippen LogP contribution is 2.15. The standard InChI is InChI=1S/C17H14N8O/c26-17(13-5-6-19-15(9-13)16-21-23-24-22-16)20-14-3-1-12(2-4-14)10-25-8-7-18-11-25/h1-9,11H,10H2,(H,20,26)(H,21,22,23,24). The lowest BCUT2D eigenvalue weighted by Crippen LogP contribution is -2.12. The van der Waals surface area contributed by atoms with Crippen LogP contribution in [-0.4, -0.2) is 41.1 Å². The third kappa shape index (κ3) is 3.46. The second kappa shape index (κ2) is 6.93. The molecule has 0 bridgehead atoms. The summed E-state index contributed by atoms with van der Waals surface area (Å²) in [6, 6.07) is 10.9. The maximum absolute atomic E-state index is 12.5. The predicted octanol–water partition coefficient (Wildman–Crippen LogP) is 1.76. The van der Waals surface area contributed by atoms with Gasteiger partial charge in [0.25, 0.3) is 5.91 Å². The summed E-state index contributed by atoms with van der Waals surface area (Å²) in [7, 11) is 0. The predicted molar refractivity (Wildman–Crippen MR) is 93.1 cm³/mol. The number of anilines is 1. The first-order valence-corrected chi connectivity index (χ1v) is 7.84. The normalized spacial score (nSPS) is 10.6. The molecule has 9 nitrogen and oxygen atoms in total. The summed E-state index contributed by atoms with van der Waals surface area (Å²) in [5.41, 5.74) is 2.76. The molecule has 0 aliphatic rings. The summed E-state index contributed by atoms with van der Waals surface area (Å²) in [4.78, 5) is 20.6. The monoisotopic (exact) mass is 346 g/mol. The molecule has 9 heteroatoms. The molecule has 3 heterocycles. The van der Waals surface area contributed by atoms with Crippen LogP contribution >= 0.6 is 0 Å². The molecule has 0 unspecified atom stereocenters. The van der Waals surface area contributed by atoms with Gasteiger partial charge in [-0.2, -0.15) is 5.21 Å². The first-order valence-electron chi connectivity index (χ1n) is 7.84. The molecule has 0 radical (unpaired) electrons. The highest BCUT2D eigenvalue weighted by Gasteiger charge is 2.11. The molecule has 0 saturated carbocycles. The zero-order chi connectivity index (χ0) is 17.8. The molecule has 128 valence electrons. The average Bonchev–Trinajstić information content (AvgIpc) is 3.37. The van der Waals surface area contributed by atoms with Crippen LogP contribution in [0.4, 0.5) is 5.69 Å². The van der Waals surface area contributed by atoms with Crippen molar-refractivity contribution < 1.29 is 4.79 Å². The van der Waals surface area contributed by atoms with E-state index in [1.54, 1.807) is 24.7 Å². The largest absolute Gasteiger partial charge is 0.333 e. The van der Waals surface area contributed by atoms with Gasteiger partial charge in [0.2, 0.25) is 5.82 Å². The number of aromatic nitrogens is 7. The van der Waals surface area contributed by atoms with E-state index in [4.69, 9.17) is 0 Å². The number of carbonyl (C=O) groups is 1. The lowest BCUT2D eigenvalue weighted by Gasteiger charge is -2.07. The summed E-state index contributed by atoms with van der Waals surface area (Å²) in [5.74, 6) is 0.100. The Morgan fingerprint density at radius 3 is 2.77 bits per heavy atom. The molecular weight excluding hydrogens is 332 g/mol.